The molecule has 0 aromatic carbocycles. The van der Waals surface area contributed by atoms with Crippen molar-refractivity contribution in [3.63, 3.8) is 0 Å². The minimum Gasteiger partial charge on any atom is -0.432 e. The quantitative estimate of drug-likeness (QED) is 0.418. The lowest BCUT2D eigenvalue weighted by atomic mass is 9.85. The predicted octanol–water partition coefficient (Wildman–Crippen LogP) is 2.58. The number of carbonyl (C=O) groups is 1. The van der Waals surface area contributed by atoms with Crippen LogP contribution in [0.1, 0.15) is 32.6 Å². The Morgan fingerprint density at radius 1 is 1.50 bits per heavy atom. The molecule has 2 aliphatic rings. The molecule has 3 heteroatoms. The summed E-state index contributed by atoms with van der Waals surface area (Å²) in [5, 5.41) is 0. The first-order chi connectivity index (χ1) is 7.66. The highest BCUT2D eigenvalue weighted by molar-refractivity contribution is 5.87. The zero-order valence-electron chi connectivity index (χ0n) is 9.65. The van der Waals surface area contributed by atoms with E-state index in [9.17, 15) is 4.79 Å². The summed E-state index contributed by atoms with van der Waals surface area (Å²) in [6.45, 7) is 5.18. The van der Waals surface area contributed by atoms with E-state index in [1.165, 1.54) is 6.42 Å². The van der Waals surface area contributed by atoms with Crippen LogP contribution in [-0.2, 0) is 14.3 Å². The first-order valence-electron chi connectivity index (χ1n) is 5.84. The van der Waals surface area contributed by atoms with E-state index in [0.29, 0.717) is 11.5 Å². The van der Waals surface area contributed by atoms with Gasteiger partial charge in [-0.2, -0.15) is 0 Å². The molecule has 3 unspecified atom stereocenters. The van der Waals surface area contributed by atoms with Crippen LogP contribution in [0.2, 0.25) is 0 Å². The van der Waals surface area contributed by atoms with Gasteiger partial charge in [-0.25, -0.2) is 4.79 Å². The molecule has 0 bridgehead atoms. The minimum atomic E-state index is -0.355. The largest absolute Gasteiger partial charge is 0.432 e. The van der Waals surface area contributed by atoms with Crippen LogP contribution in [0, 0.1) is 5.92 Å². The second-order valence-electron chi connectivity index (χ2n) is 4.57. The maximum atomic E-state index is 11.2. The molecule has 1 aliphatic carbocycles. The second-order valence-corrected chi connectivity index (χ2v) is 4.57. The lowest BCUT2D eigenvalue weighted by Crippen LogP contribution is -2.45. The molecule has 0 saturated carbocycles. The van der Waals surface area contributed by atoms with E-state index < -0.39 is 0 Å². The monoisotopic (exact) mass is 222 g/mol. The fraction of sp³-hybridized carbons (Fsp3) is 0.615. The summed E-state index contributed by atoms with van der Waals surface area (Å²) in [4.78, 5) is 11.2. The van der Waals surface area contributed by atoms with Crippen molar-refractivity contribution in [1.29, 1.82) is 0 Å². The maximum absolute atomic E-state index is 11.2. The summed E-state index contributed by atoms with van der Waals surface area (Å²) < 4.78 is 10.7. The Hall–Kier alpha value is -1.09. The van der Waals surface area contributed by atoms with Gasteiger partial charge in [-0.15, -0.1) is 0 Å². The third kappa shape index (κ3) is 2.53. The number of hydrogen-bond acceptors (Lipinski definition) is 3. The highest BCUT2D eigenvalue weighted by Gasteiger charge is 2.38. The van der Waals surface area contributed by atoms with E-state index in [1.54, 1.807) is 6.92 Å². The van der Waals surface area contributed by atoms with E-state index in [0.717, 1.165) is 19.3 Å². The van der Waals surface area contributed by atoms with E-state index in [1.807, 2.05) is 0 Å². The molecule has 3 nitrogen and oxygen atoms in total. The molecule has 0 radical (unpaired) electrons. The fourth-order valence-electron chi connectivity index (χ4n) is 2.13. The van der Waals surface area contributed by atoms with E-state index in [2.05, 4.69) is 18.7 Å². The summed E-state index contributed by atoms with van der Waals surface area (Å²) in [7, 11) is 0. The third-order valence-electron chi connectivity index (χ3n) is 3.17. The van der Waals surface area contributed by atoms with Gasteiger partial charge < -0.3 is 9.47 Å². The zero-order chi connectivity index (χ0) is 11.5. The summed E-state index contributed by atoms with van der Waals surface area (Å²) in [5.74, 6) is 0.247. The minimum absolute atomic E-state index is 0.271. The number of ether oxygens (including phenoxy) is 2. The Kier molecular flexibility index (Phi) is 3.44. The first kappa shape index (κ1) is 11.4. The Bertz CT molecular complexity index is 313. The van der Waals surface area contributed by atoms with E-state index >= 15 is 0 Å². The molecule has 3 atom stereocenters. The number of allylic oxidation sites excluding steroid dienone is 2. The highest BCUT2D eigenvalue weighted by atomic mass is 16.7. The van der Waals surface area contributed by atoms with Gasteiger partial charge in [0.1, 0.15) is 0 Å². The van der Waals surface area contributed by atoms with E-state index in [-0.39, 0.29) is 18.4 Å². The lowest BCUT2D eigenvalue weighted by Gasteiger charge is -2.40. The molecule has 16 heavy (non-hydrogen) atoms. The topological polar surface area (TPSA) is 35.5 Å². The average molecular weight is 222 g/mol. The van der Waals surface area contributed by atoms with Gasteiger partial charge in [-0.1, -0.05) is 18.7 Å². The van der Waals surface area contributed by atoms with Gasteiger partial charge in [0.05, 0.1) is 6.10 Å². The molecule has 0 amide bonds. The number of carbonyl (C=O) groups excluding carboxylic acids is 1. The Balaban J connectivity index is 1.71. The van der Waals surface area contributed by atoms with Crippen molar-refractivity contribution >= 4 is 5.97 Å². The smallest absolute Gasteiger partial charge is 0.335 e. The molecule has 1 aliphatic heterocycles. The van der Waals surface area contributed by atoms with Gasteiger partial charge in [0.15, 0.2) is 0 Å². The van der Waals surface area contributed by atoms with E-state index in [4.69, 9.17) is 9.47 Å². The van der Waals surface area contributed by atoms with Crippen molar-refractivity contribution in [2.24, 2.45) is 5.92 Å². The molecule has 1 fully saturated rings. The van der Waals surface area contributed by atoms with Gasteiger partial charge in [0, 0.05) is 12.0 Å². The Morgan fingerprint density at radius 3 is 2.81 bits per heavy atom. The molecule has 1 heterocycles. The molecular weight excluding hydrogens is 204 g/mol. The number of hydrogen-bond donors (Lipinski definition) is 0. The highest BCUT2D eigenvalue weighted by Crippen LogP contribution is 2.34. The van der Waals surface area contributed by atoms with Gasteiger partial charge >= 0.3 is 5.97 Å². The van der Waals surface area contributed by atoms with Crippen LogP contribution in [-0.4, -0.2) is 18.4 Å². The van der Waals surface area contributed by atoms with Crippen molar-refractivity contribution in [2.75, 3.05) is 0 Å². The normalized spacial score (nSPS) is 32.9. The zero-order valence-corrected chi connectivity index (χ0v) is 9.65. The summed E-state index contributed by atoms with van der Waals surface area (Å²) in [6.07, 6.45) is 8.60. The molecule has 0 N–H and O–H groups in total. The fourth-order valence-corrected chi connectivity index (χ4v) is 2.13. The van der Waals surface area contributed by atoms with Crippen LogP contribution in [0.15, 0.2) is 24.3 Å². The first-order valence-corrected chi connectivity index (χ1v) is 5.84. The van der Waals surface area contributed by atoms with Gasteiger partial charge in [-0.3, -0.25) is 0 Å². The van der Waals surface area contributed by atoms with Gasteiger partial charge in [-0.05, 0) is 32.1 Å². The summed E-state index contributed by atoms with van der Waals surface area (Å²) in [5.41, 5.74) is 0.424. The van der Waals surface area contributed by atoms with Crippen LogP contribution in [0.5, 0.6) is 0 Å². The van der Waals surface area contributed by atoms with Crippen molar-refractivity contribution in [3.05, 3.63) is 24.3 Å². The van der Waals surface area contributed by atoms with Crippen LogP contribution in [0.25, 0.3) is 0 Å². The van der Waals surface area contributed by atoms with Crippen LogP contribution >= 0.6 is 0 Å². The molecule has 88 valence electrons. The van der Waals surface area contributed by atoms with Crippen LogP contribution in [0.3, 0.4) is 0 Å². The van der Waals surface area contributed by atoms with Crippen molar-refractivity contribution in [2.45, 2.75) is 45.0 Å². The van der Waals surface area contributed by atoms with Gasteiger partial charge in [0.25, 0.3) is 0 Å². The van der Waals surface area contributed by atoms with Crippen molar-refractivity contribution < 1.29 is 14.3 Å². The maximum Gasteiger partial charge on any atom is 0.335 e. The predicted molar refractivity (Wildman–Crippen MR) is 60.7 cm³/mol. The van der Waals surface area contributed by atoms with Crippen molar-refractivity contribution in [1.82, 2.24) is 0 Å². The SMILES string of the molecule is C=C(C)C(=O)OC1CC(C2CC=CCC2)O1. The molecule has 0 aromatic heterocycles. The number of esters is 1. The Labute approximate surface area is 96.1 Å². The summed E-state index contributed by atoms with van der Waals surface area (Å²) in [6, 6.07) is 0. The van der Waals surface area contributed by atoms with Crippen LogP contribution in [0.4, 0.5) is 0 Å². The Morgan fingerprint density at radius 2 is 2.25 bits per heavy atom. The third-order valence-corrected chi connectivity index (χ3v) is 3.17. The average Bonchev–Trinajstić information content (AvgIpc) is 2.23. The standard InChI is InChI=1S/C13H18O3/c1-9(2)13(14)16-12-8-11(15-12)10-6-4-3-5-7-10/h3-4,10-12H,1,5-8H2,2H3. The number of rotatable bonds is 3. The molecule has 1 saturated heterocycles. The van der Waals surface area contributed by atoms with Crippen LogP contribution < -0.4 is 0 Å². The lowest BCUT2D eigenvalue weighted by molar-refractivity contribution is -0.259. The summed E-state index contributed by atoms with van der Waals surface area (Å²) >= 11 is 0. The van der Waals surface area contributed by atoms with Gasteiger partial charge in [0.2, 0.25) is 6.29 Å². The van der Waals surface area contributed by atoms with Crippen molar-refractivity contribution in [3.8, 4) is 0 Å². The second kappa shape index (κ2) is 4.83. The molecule has 2 rings (SSSR count). The molecule has 0 spiro atoms. The molecule has 0 aromatic rings. The molecular formula is C13H18O3.